The van der Waals surface area contributed by atoms with Crippen molar-refractivity contribution in [1.29, 1.82) is 0 Å². The Bertz CT molecular complexity index is 424. The molecule has 15 heavy (non-hydrogen) atoms. The van der Waals surface area contributed by atoms with Gasteiger partial charge in [0.1, 0.15) is 0 Å². The van der Waals surface area contributed by atoms with Gasteiger partial charge in [-0.15, -0.1) is 11.3 Å². The minimum absolute atomic E-state index is 0.437. The molecule has 78 valence electrons. The second-order valence-electron chi connectivity index (χ2n) is 3.29. The molecule has 2 aromatic rings. The fourth-order valence-electron chi connectivity index (χ4n) is 1.44. The minimum Gasteiger partial charge on any atom is -0.147 e. The van der Waals surface area contributed by atoms with Crippen LogP contribution in [0.25, 0.3) is 0 Å². The van der Waals surface area contributed by atoms with E-state index in [0.717, 1.165) is 6.42 Å². The molecule has 0 aliphatic carbocycles. The molecule has 0 aliphatic heterocycles. The average molecular weight is 393 g/mol. The smallest absolute Gasteiger partial charge is 0.0540 e. The summed E-state index contributed by atoms with van der Waals surface area (Å²) in [4.78, 5) is 1.87. The summed E-state index contributed by atoms with van der Waals surface area (Å²) in [6.07, 6.45) is 1.05. The fraction of sp³-hybridized carbons (Fsp3) is 0.167. The molecule has 0 saturated heterocycles. The van der Waals surface area contributed by atoms with Crippen molar-refractivity contribution in [3.8, 4) is 0 Å². The molecular formula is C12H10BrIS. The SMILES string of the molecule is BrC(Cc1ccccc1)c1sccc1I. The Morgan fingerprint density at radius 1 is 1.20 bits per heavy atom. The molecule has 0 N–H and O–H groups in total. The van der Waals surface area contributed by atoms with E-state index in [9.17, 15) is 0 Å². The Morgan fingerprint density at radius 3 is 2.53 bits per heavy atom. The van der Waals surface area contributed by atoms with Crippen molar-refractivity contribution in [2.24, 2.45) is 0 Å². The van der Waals surface area contributed by atoms with Gasteiger partial charge in [-0.3, -0.25) is 0 Å². The largest absolute Gasteiger partial charge is 0.147 e. The zero-order valence-electron chi connectivity index (χ0n) is 7.99. The van der Waals surface area contributed by atoms with E-state index in [2.05, 4.69) is 80.3 Å². The van der Waals surface area contributed by atoms with Crippen molar-refractivity contribution in [1.82, 2.24) is 0 Å². The lowest BCUT2D eigenvalue weighted by Crippen LogP contribution is -1.94. The number of hydrogen-bond donors (Lipinski definition) is 0. The third kappa shape index (κ3) is 3.04. The number of thiophene rings is 1. The highest BCUT2D eigenvalue weighted by Crippen LogP contribution is 2.34. The first-order chi connectivity index (χ1) is 7.27. The molecule has 0 radical (unpaired) electrons. The minimum atomic E-state index is 0.437. The maximum Gasteiger partial charge on any atom is 0.0540 e. The first-order valence-corrected chi connectivity index (χ1v) is 7.55. The van der Waals surface area contributed by atoms with Crippen LogP contribution in [0.1, 0.15) is 15.3 Å². The molecule has 1 heterocycles. The molecule has 0 saturated carbocycles. The molecule has 0 fully saturated rings. The lowest BCUT2D eigenvalue weighted by atomic mass is 10.1. The predicted molar refractivity (Wildman–Crippen MR) is 78.9 cm³/mol. The van der Waals surface area contributed by atoms with E-state index in [1.54, 1.807) is 0 Å². The van der Waals surface area contributed by atoms with Crippen molar-refractivity contribution >= 4 is 49.9 Å². The topological polar surface area (TPSA) is 0 Å². The first kappa shape index (κ1) is 11.6. The van der Waals surface area contributed by atoms with Crippen LogP contribution in [0.15, 0.2) is 41.8 Å². The molecule has 0 bridgehead atoms. The quantitative estimate of drug-likeness (QED) is 0.507. The first-order valence-electron chi connectivity index (χ1n) is 4.68. The summed E-state index contributed by atoms with van der Waals surface area (Å²) < 4.78 is 1.36. The number of halogens is 2. The van der Waals surface area contributed by atoms with Gasteiger partial charge in [0.05, 0.1) is 4.83 Å². The lowest BCUT2D eigenvalue weighted by Gasteiger charge is -2.08. The van der Waals surface area contributed by atoms with Crippen molar-refractivity contribution in [3.63, 3.8) is 0 Å². The van der Waals surface area contributed by atoms with Crippen LogP contribution < -0.4 is 0 Å². The number of benzene rings is 1. The maximum atomic E-state index is 3.76. The van der Waals surface area contributed by atoms with E-state index in [-0.39, 0.29) is 0 Å². The van der Waals surface area contributed by atoms with Gasteiger partial charge in [0.25, 0.3) is 0 Å². The second-order valence-corrected chi connectivity index (χ2v) is 6.51. The summed E-state index contributed by atoms with van der Waals surface area (Å²) in [6.45, 7) is 0. The van der Waals surface area contributed by atoms with E-state index in [1.165, 1.54) is 14.0 Å². The normalized spacial score (nSPS) is 12.7. The van der Waals surface area contributed by atoms with E-state index in [0.29, 0.717) is 4.83 Å². The van der Waals surface area contributed by atoms with Gasteiger partial charge in [-0.2, -0.15) is 0 Å². The summed E-state index contributed by atoms with van der Waals surface area (Å²) in [5.41, 5.74) is 1.38. The Balaban J connectivity index is 2.11. The number of rotatable bonds is 3. The second kappa shape index (κ2) is 5.46. The summed E-state index contributed by atoms with van der Waals surface area (Å²) in [7, 11) is 0. The zero-order chi connectivity index (χ0) is 10.7. The van der Waals surface area contributed by atoms with Gasteiger partial charge in [-0.05, 0) is 46.0 Å². The Labute approximate surface area is 116 Å². The average Bonchev–Trinajstić information content (AvgIpc) is 2.66. The monoisotopic (exact) mass is 392 g/mol. The van der Waals surface area contributed by atoms with Gasteiger partial charge < -0.3 is 0 Å². The number of hydrogen-bond acceptors (Lipinski definition) is 1. The van der Waals surface area contributed by atoms with Crippen LogP contribution in [-0.2, 0) is 6.42 Å². The van der Waals surface area contributed by atoms with Crippen LogP contribution in [0.5, 0.6) is 0 Å². The zero-order valence-corrected chi connectivity index (χ0v) is 12.6. The molecule has 1 aromatic heterocycles. The Kier molecular flexibility index (Phi) is 4.22. The summed E-state index contributed by atoms with van der Waals surface area (Å²) >= 11 is 7.97. The highest BCUT2D eigenvalue weighted by Gasteiger charge is 2.12. The predicted octanol–water partition coefficient (Wildman–Crippen LogP) is 5.03. The van der Waals surface area contributed by atoms with E-state index in [1.807, 2.05) is 11.3 Å². The molecule has 2 rings (SSSR count). The lowest BCUT2D eigenvalue weighted by molar-refractivity contribution is 0.965. The molecule has 3 heteroatoms. The van der Waals surface area contributed by atoms with Gasteiger partial charge in [0.15, 0.2) is 0 Å². The Hall–Kier alpha value is 0.130. The standard InChI is InChI=1S/C12H10BrIS/c13-10(12-11(14)6-7-15-12)8-9-4-2-1-3-5-9/h1-7,10H,8H2. The number of alkyl halides is 1. The van der Waals surface area contributed by atoms with E-state index in [4.69, 9.17) is 0 Å². The highest BCUT2D eigenvalue weighted by molar-refractivity contribution is 14.1. The van der Waals surface area contributed by atoms with Crippen LogP contribution in [0.3, 0.4) is 0 Å². The maximum absolute atomic E-state index is 3.76. The molecule has 1 aromatic carbocycles. The molecule has 0 amide bonds. The van der Waals surface area contributed by atoms with Crippen molar-refractivity contribution in [2.75, 3.05) is 0 Å². The molecule has 0 aliphatic rings. The van der Waals surface area contributed by atoms with Crippen LogP contribution in [0, 0.1) is 3.57 Å². The van der Waals surface area contributed by atoms with E-state index >= 15 is 0 Å². The van der Waals surface area contributed by atoms with Gasteiger partial charge in [0, 0.05) is 8.45 Å². The van der Waals surface area contributed by atoms with Gasteiger partial charge in [-0.25, -0.2) is 0 Å². The fourth-order valence-corrected chi connectivity index (χ4v) is 4.76. The third-order valence-electron chi connectivity index (χ3n) is 2.19. The van der Waals surface area contributed by atoms with Crippen molar-refractivity contribution in [3.05, 3.63) is 55.8 Å². The van der Waals surface area contributed by atoms with Gasteiger partial charge >= 0.3 is 0 Å². The van der Waals surface area contributed by atoms with Crippen molar-refractivity contribution in [2.45, 2.75) is 11.2 Å². The molecule has 1 unspecified atom stereocenters. The summed E-state index contributed by atoms with van der Waals surface area (Å²) in [5, 5.41) is 2.15. The summed E-state index contributed by atoms with van der Waals surface area (Å²) in [6, 6.07) is 12.8. The molecular weight excluding hydrogens is 383 g/mol. The van der Waals surface area contributed by atoms with E-state index < -0.39 is 0 Å². The van der Waals surface area contributed by atoms with Crippen LogP contribution in [0.4, 0.5) is 0 Å². The van der Waals surface area contributed by atoms with Crippen LogP contribution in [0.2, 0.25) is 0 Å². The highest BCUT2D eigenvalue weighted by atomic mass is 127. The molecule has 0 spiro atoms. The third-order valence-corrected chi connectivity index (χ3v) is 5.61. The van der Waals surface area contributed by atoms with Gasteiger partial charge in [-0.1, -0.05) is 46.3 Å². The van der Waals surface area contributed by atoms with Crippen molar-refractivity contribution < 1.29 is 0 Å². The Morgan fingerprint density at radius 2 is 1.93 bits per heavy atom. The van der Waals surface area contributed by atoms with Crippen LogP contribution >= 0.6 is 49.9 Å². The molecule has 1 atom stereocenters. The van der Waals surface area contributed by atoms with Crippen LogP contribution in [-0.4, -0.2) is 0 Å². The molecule has 0 nitrogen and oxygen atoms in total. The van der Waals surface area contributed by atoms with Gasteiger partial charge in [0.2, 0.25) is 0 Å². The summed E-state index contributed by atoms with van der Waals surface area (Å²) in [5.74, 6) is 0.